The van der Waals surface area contributed by atoms with Crippen molar-refractivity contribution >= 4 is 0 Å². The van der Waals surface area contributed by atoms with Gasteiger partial charge in [-0.05, 0) is 13.0 Å². The predicted molar refractivity (Wildman–Crippen MR) is 55.2 cm³/mol. The number of aromatic nitrogens is 2. The molecule has 0 amide bonds. The van der Waals surface area contributed by atoms with Gasteiger partial charge < -0.3 is 4.74 Å². The molecule has 3 nitrogen and oxygen atoms in total. The van der Waals surface area contributed by atoms with Gasteiger partial charge in [-0.25, -0.2) is 8.78 Å². The van der Waals surface area contributed by atoms with E-state index in [1.165, 1.54) is 32.5 Å². The molecule has 0 radical (unpaired) electrons. The van der Waals surface area contributed by atoms with Gasteiger partial charge in [0, 0.05) is 22.9 Å². The molecule has 2 rings (SSSR count). The largest absolute Gasteiger partial charge is 0.496 e. The molecule has 0 unspecified atom stereocenters. The van der Waals surface area contributed by atoms with Crippen LogP contribution < -0.4 is 4.74 Å². The number of hydrogen-bond acceptors (Lipinski definition) is 2. The highest BCUT2D eigenvalue weighted by Gasteiger charge is 2.17. The zero-order valence-electron chi connectivity index (χ0n) is 8.84. The van der Waals surface area contributed by atoms with Crippen molar-refractivity contribution in [2.45, 2.75) is 6.92 Å². The summed E-state index contributed by atoms with van der Waals surface area (Å²) in [7, 11) is 1.42. The van der Waals surface area contributed by atoms with E-state index in [2.05, 4.69) is 10.2 Å². The maximum atomic E-state index is 13.7. The number of methoxy groups -OCH3 is 1. The van der Waals surface area contributed by atoms with Crippen molar-refractivity contribution in [2.75, 3.05) is 7.11 Å². The first-order valence-electron chi connectivity index (χ1n) is 4.67. The van der Waals surface area contributed by atoms with Gasteiger partial charge in [0.25, 0.3) is 0 Å². The monoisotopic (exact) mass is 224 g/mol. The molecule has 0 saturated heterocycles. The van der Waals surface area contributed by atoms with E-state index in [1.807, 2.05) is 0 Å². The number of rotatable bonds is 2. The van der Waals surface area contributed by atoms with Crippen molar-refractivity contribution in [1.29, 1.82) is 0 Å². The van der Waals surface area contributed by atoms with Crippen molar-refractivity contribution in [1.82, 2.24) is 10.2 Å². The fourth-order valence-corrected chi connectivity index (χ4v) is 1.51. The van der Waals surface area contributed by atoms with E-state index < -0.39 is 11.6 Å². The van der Waals surface area contributed by atoms with E-state index >= 15 is 0 Å². The Kier molecular flexibility index (Phi) is 2.60. The topological polar surface area (TPSA) is 37.9 Å². The van der Waals surface area contributed by atoms with Crippen LogP contribution in [0.25, 0.3) is 11.1 Å². The normalized spacial score (nSPS) is 10.5. The Balaban J connectivity index is 2.67. The second-order valence-corrected chi connectivity index (χ2v) is 3.37. The fourth-order valence-electron chi connectivity index (χ4n) is 1.51. The lowest BCUT2D eigenvalue weighted by Gasteiger charge is -2.09. The van der Waals surface area contributed by atoms with Crippen LogP contribution in [-0.4, -0.2) is 17.3 Å². The molecule has 1 aromatic carbocycles. The van der Waals surface area contributed by atoms with Crippen molar-refractivity contribution in [3.63, 3.8) is 0 Å². The third-order valence-corrected chi connectivity index (χ3v) is 2.43. The molecule has 0 fully saturated rings. The Hall–Kier alpha value is -1.91. The van der Waals surface area contributed by atoms with Gasteiger partial charge in [-0.2, -0.15) is 5.10 Å². The van der Waals surface area contributed by atoms with Gasteiger partial charge in [-0.3, -0.25) is 5.10 Å². The number of hydrogen-bond donors (Lipinski definition) is 1. The second kappa shape index (κ2) is 3.92. The highest BCUT2D eigenvalue weighted by Crippen LogP contribution is 2.31. The minimum atomic E-state index is -0.893. The fraction of sp³-hybridized carbons (Fsp3) is 0.182. The molecule has 0 aliphatic heterocycles. The number of ether oxygens (including phenoxy) is 1. The summed E-state index contributed by atoms with van der Waals surface area (Å²) in [4.78, 5) is 0. The van der Waals surface area contributed by atoms with Gasteiger partial charge >= 0.3 is 0 Å². The minimum absolute atomic E-state index is 0.133. The number of benzene rings is 1. The Morgan fingerprint density at radius 2 is 2.06 bits per heavy atom. The minimum Gasteiger partial charge on any atom is -0.496 e. The summed E-state index contributed by atoms with van der Waals surface area (Å²) in [5, 5.41) is 6.24. The molecular weight excluding hydrogens is 214 g/mol. The SMILES string of the molecule is COc1cc(-c2cn[nH]c2)c(F)c(F)c1C. The third-order valence-electron chi connectivity index (χ3n) is 2.43. The van der Waals surface area contributed by atoms with Gasteiger partial charge in [0.05, 0.1) is 13.3 Å². The average Bonchev–Trinajstić information content (AvgIpc) is 2.80. The van der Waals surface area contributed by atoms with Crippen molar-refractivity contribution < 1.29 is 13.5 Å². The van der Waals surface area contributed by atoms with Gasteiger partial charge in [0.2, 0.25) is 0 Å². The summed E-state index contributed by atoms with van der Waals surface area (Å²) < 4.78 is 32.2. The Labute approximate surface area is 91.1 Å². The van der Waals surface area contributed by atoms with Gasteiger partial charge in [0.1, 0.15) is 5.75 Å². The van der Waals surface area contributed by atoms with E-state index in [9.17, 15) is 8.78 Å². The van der Waals surface area contributed by atoms with Gasteiger partial charge in [-0.1, -0.05) is 0 Å². The standard InChI is InChI=1S/C11H10F2N2O/c1-6-9(16-2)3-8(11(13)10(6)12)7-4-14-15-5-7/h3-5H,1-2H3,(H,14,15). The molecule has 0 atom stereocenters. The maximum absolute atomic E-state index is 13.7. The summed E-state index contributed by atoms with van der Waals surface area (Å²) in [5.74, 6) is -1.47. The molecule has 1 aromatic heterocycles. The molecule has 1 heterocycles. The van der Waals surface area contributed by atoms with Crippen molar-refractivity contribution in [2.24, 2.45) is 0 Å². The summed E-state index contributed by atoms with van der Waals surface area (Å²) in [6, 6.07) is 1.46. The highest BCUT2D eigenvalue weighted by molar-refractivity contribution is 5.65. The van der Waals surface area contributed by atoms with Crippen LogP contribution in [0.5, 0.6) is 5.75 Å². The first-order valence-corrected chi connectivity index (χ1v) is 4.67. The van der Waals surface area contributed by atoms with Gasteiger partial charge in [0.15, 0.2) is 11.6 Å². The molecule has 5 heteroatoms. The van der Waals surface area contributed by atoms with Crippen LogP contribution in [0.3, 0.4) is 0 Å². The van der Waals surface area contributed by atoms with E-state index in [0.717, 1.165) is 0 Å². The van der Waals surface area contributed by atoms with Crippen LogP contribution in [0, 0.1) is 18.6 Å². The number of nitrogens with zero attached hydrogens (tertiary/aromatic N) is 1. The molecule has 2 aromatic rings. The molecule has 0 aliphatic rings. The summed E-state index contributed by atoms with van der Waals surface area (Å²) >= 11 is 0. The molecule has 0 bridgehead atoms. The second-order valence-electron chi connectivity index (χ2n) is 3.37. The quantitative estimate of drug-likeness (QED) is 0.851. The number of nitrogens with one attached hydrogen (secondary N) is 1. The molecule has 0 spiro atoms. The van der Waals surface area contributed by atoms with E-state index in [4.69, 9.17) is 4.74 Å². The molecular formula is C11H10F2N2O. The Morgan fingerprint density at radius 1 is 1.31 bits per heavy atom. The number of halogens is 2. The van der Waals surface area contributed by atoms with Gasteiger partial charge in [-0.15, -0.1) is 0 Å². The Bertz CT molecular complexity index is 509. The van der Waals surface area contributed by atoms with Crippen LogP contribution in [0.1, 0.15) is 5.56 Å². The lowest BCUT2D eigenvalue weighted by atomic mass is 10.1. The lowest BCUT2D eigenvalue weighted by Crippen LogP contribution is -1.97. The molecule has 1 N–H and O–H groups in total. The highest BCUT2D eigenvalue weighted by atomic mass is 19.2. The first kappa shape index (κ1) is 10.6. The maximum Gasteiger partial charge on any atom is 0.167 e. The first-order chi connectivity index (χ1) is 7.65. The molecule has 16 heavy (non-hydrogen) atoms. The Morgan fingerprint density at radius 3 is 2.62 bits per heavy atom. The smallest absolute Gasteiger partial charge is 0.167 e. The summed E-state index contributed by atoms with van der Waals surface area (Å²) in [5.41, 5.74) is 0.774. The van der Waals surface area contributed by atoms with E-state index in [-0.39, 0.29) is 11.1 Å². The summed E-state index contributed by atoms with van der Waals surface area (Å²) in [6.45, 7) is 1.47. The van der Waals surface area contributed by atoms with E-state index in [1.54, 1.807) is 0 Å². The number of aromatic amines is 1. The molecule has 0 aliphatic carbocycles. The zero-order valence-corrected chi connectivity index (χ0v) is 8.84. The van der Waals surface area contributed by atoms with E-state index in [0.29, 0.717) is 11.3 Å². The number of H-pyrrole nitrogens is 1. The third kappa shape index (κ3) is 1.54. The van der Waals surface area contributed by atoms with Crippen LogP contribution in [0.2, 0.25) is 0 Å². The average molecular weight is 224 g/mol. The van der Waals surface area contributed by atoms with Crippen LogP contribution in [-0.2, 0) is 0 Å². The molecule has 84 valence electrons. The lowest BCUT2D eigenvalue weighted by molar-refractivity contribution is 0.402. The van der Waals surface area contributed by atoms with Crippen molar-refractivity contribution in [3.8, 4) is 16.9 Å². The van der Waals surface area contributed by atoms with Crippen LogP contribution in [0.15, 0.2) is 18.5 Å². The predicted octanol–water partition coefficient (Wildman–Crippen LogP) is 2.67. The summed E-state index contributed by atoms with van der Waals surface area (Å²) in [6.07, 6.45) is 2.92. The molecule has 0 saturated carbocycles. The van der Waals surface area contributed by atoms with Crippen LogP contribution in [0.4, 0.5) is 8.78 Å². The van der Waals surface area contributed by atoms with Crippen molar-refractivity contribution in [3.05, 3.63) is 35.7 Å². The zero-order chi connectivity index (χ0) is 11.7. The van der Waals surface area contributed by atoms with Crippen LogP contribution >= 0.6 is 0 Å².